The van der Waals surface area contributed by atoms with Gasteiger partial charge in [-0.1, -0.05) is 6.07 Å². The minimum Gasteiger partial charge on any atom is -0.465 e. The molecular weight excluding hydrogens is 296 g/mol. The Morgan fingerprint density at radius 3 is 3.05 bits per heavy atom. The number of carbonyl (C=O) groups excluding carboxylic acids is 1. The van der Waals surface area contributed by atoms with Gasteiger partial charge in [-0.2, -0.15) is 0 Å². The summed E-state index contributed by atoms with van der Waals surface area (Å²) in [4.78, 5) is 17.2. The minimum atomic E-state index is -0.161. The molecule has 0 aromatic carbocycles. The third kappa shape index (κ3) is 3.71. The molecule has 1 amide bonds. The summed E-state index contributed by atoms with van der Waals surface area (Å²) < 4.78 is 5.13. The zero-order valence-electron chi connectivity index (χ0n) is 11.7. The smallest absolute Gasteiger partial charge is 0.244 e. The molecule has 3 heterocycles. The molecule has 3 rings (SSSR count). The molecule has 0 bridgehead atoms. The number of nitrogens with one attached hydrogen (secondary N) is 1. The maximum absolute atomic E-state index is 11.8. The fraction of sp³-hybridized carbons (Fsp3) is 0.0588. The number of pyridine rings is 1. The van der Waals surface area contributed by atoms with E-state index in [9.17, 15) is 4.79 Å². The molecule has 0 spiro atoms. The molecule has 0 saturated carbocycles. The Morgan fingerprint density at radius 2 is 2.27 bits per heavy atom. The summed E-state index contributed by atoms with van der Waals surface area (Å²) in [5.74, 6) is 0.491. The van der Waals surface area contributed by atoms with E-state index in [0.717, 1.165) is 16.1 Å². The lowest BCUT2D eigenvalue weighted by Gasteiger charge is -2.04. The van der Waals surface area contributed by atoms with Gasteiger partial charge in [-0.05, 0) is 47.4 Å². The van der Waals surface area contributed by atoms with Gasteiger partial charge in [0.1, 0.15) is 5.76 Å². The first kappa shape index (κ1) is 14.3. The average Bonchev–Trinajstić information content (AvgIpc) is 3.24. The normalized spacial score (nSPS) is 10.9. The molecule has 0 unspecified atom stereocenters. The number of thiophene rings is 1. The van der Waals surface area contributed by atoms with Crippen LogP contribution in [0.5, 0.6) is 0 Å². The fourth-order valence-electron chi connectivity index (χ4n) is 1.94. The van der Waals surface area contributed by atoms with Crippen LogP contribution < -0.4 is 5.32 Å². The van der Waals surface area contributed by atoms with Crippen molar-refractivity contribution in [3.8, 4) is 10.6 Å². The number of rotatable bonds is 5. The second-order valence-electron chi connectivity index (χ2n) is 4.59. The Hall–Kier alpha value is -2.66. The number of carbonyl (C=O) groups is 1. The number of nitrogens with zero attached hydrogens (tertiary/aromatic N) is 1. The van der Waals surface area contributed by atoms with Crippen LogP contribution in [0.2, 0.25) is 0 Å². The van der Waals surface area contributed by atoms with E-state index in [1.807, 2.05) is 29.6 Å². The maximum Gasteiger partial charge on any atom is 0.244 e. The van der Waals surface area contributed by atoms with E-state index in [1.165, 1.54) is 6.08 Å². The topological polar surface area (TPSA) is 55.1 Å². The summed E-state index contributed by atoms with van der Waals surface area (Å²) in [5, 5.41) is 4.86. The molecule has 0 aliphatic rings. The van der Waals surface area contributed by atoms with Gasteiger partial charge < -0.3 is 9.73 Å². The number of furan rings is 1. The number of hydrogen-bond acceptors (Lipinski definition) is 4. The molecule has 3 aromatic rings. The maximum atomic E-state index is 11.8. The Bertz CT molecular complexity index is 762. The van der Waals surface area contributed by atoms with E-state index in [2.05, 4.69) is 10.3 Å². The Morgan fingerprint density at radius 1 is 1.32 bits per heavy atom. The average molecular weight is 310 g/mol. The zero-order chi connectivity index (χ0) is 15.2. The van der Waals surface area contributed by atoms with Crippen molar-refractivity contribution in [1.29, 1.82) is 0 Å². The quantitative estimate of drug-likeness (QED) is 0.731. The van der Waals surface area contributed by atoms with Gasteiger partial charge in [0, 0.05) is 18.8 Å². The van der Waals surface area contributed by atoms with Crippen molar-refractivity contribution in [1.82, 2.24) is 10.3 Å². The molecule has 0 aliphatic carbocycles. The monoisotopic (exact) mass is 310 g/mol. The lowest BCUT2D eigenvalue weighted by Crippen LogP contribution is -2.20. The molecular formula is C17H14N2O2S. The lowest BCUT2D eigenvalue weighted by molar-refractivity contribution is -0.116. The first-order valence-corrected chi connectivity index (χ1v) is 7.67. The van der Waals surface area contributed by atoms with E-state index in [4.69, 9.17) is 4.42 Å². The van der Waals surface area contributed by atoms with Crippen LogP contribution in [-0.4, -0.2) is 10.9 Å². The Labute approximate surface area is 132 Å². The highest BCUT2D eigenvalue weighted by molar-refractivity contribution is 7.13. The standard InChI is InChI=1S/C17H14N2O2S/c20-17(6-5-14-3-1-9-21-14)19-12-13-7-8-18-15(11-13)16-4-2-10-22-16/h1-11H,12H2,(H,19,20)/b6-5+. The SMILES string of the molecule is O=C(/C=C/c1ccco1)NCc1ccnc(-c2cccs2)c1. The molecule has 110 valence electrons. The van der Waals surface area contributed by atoms with Gasteiger partial charge >= 0.3 is 0 Å². The van der Waals surface area contributed by atoms with Crippen LogP contribution in [0, 0.1) is 0 Å². The van der Waals surface area contributed by atoms with Crippen molar-refractivity contribution in [3.63, 3.8) is 0 Å². The second kappa shape index (κ2) is 6.87. The molecule has 22 heavy (non-hydrogen) atoms. The van der Waals surface area contributed by atoms with E-state index in [1.54, 1.807) is 42.0 Å². The van der Waals surface area contributed by atoms with Crippen molar-refractivity contribution in [2.45, 2.75) is 6.54 Å². The van der Waals surface area contributed by atoms with Crippen LogP contribution in [0.25, 0.3) is 16.6 Å². The number of aromatic nitrogens is 1. The van der Waals surface area contributed by atoms with Crippen molar-refractivity contribution in [2.75, 3.05) is 0 Å². The highest BCUT2D eigenvalue weighted by atomic mass is 32.1. The molecule has 5 heteroatoms. The number of amides is 1. The molecule has 4 nitrogen and oxygen atoms in total. The van der Waals surface area contributed by atoms with Gasteiger partial charge in [0.05, 0.1) is 16.8 Å². The van der Waals surface area contributed by atoms with Gasteiger partial charge in [-0.3, -0.25) is 9.78 Å². The third-order valence-corrected chi connectivity index (χ3v) is 3.90. The fourth-order valence-corrected chi connectivity index (χ4v) is 2.63. The van der Waals surface area contributed by atoms with Crippen LogP contribution in [-0.2, 0) is 11.3 Å². The van der Waals surface area contributed by atoms with Crippen molar-refractivity contribution in [3.05, 3.63) is 71.6 Å². The molecule has 0 aliphatic heterocycles. The van der Waals surface area contributed by atoms with Crippen LogP contribution >= 0.6 is 11.3 Å². The summed E-state index contributed by atoms with van der Waals surface area (Å²) in [6.07, 6.45) is 6.43. The first-order valence-electron chi connectivity index (χ1n) is 6.79. The van der Waals surface area contributed by atoms with Crippen LogP contribution in [0.4, 0.5) is 0 Å². The predicted octanol–water partition coefficient (Wildman–Crippen LogP) is 3.73. The summed E-state index contributed by atoms with van der Waals surface area (Å²) in [5.41, 5.74) is 1.94. The van der Waals surface area contributed by atoms with Gasteiger partial charge in [-0.15, -0.1) is 11.3 Å². The van der Waals surface area contributed by atoms with Crippen LogP contribution in [0.1, 0.15) is 11.3 Å². The second-order valence-corrected chi connectivity index (χ2v) is 5.54. The highest BCUT2D eigenvalue weighted by Crippen LogP contribution is 2.22. The number of hydrogen-bond donors (Lipinski definition) is 1. The predicted molar refractivity (Wildman–Crippen MR) is 87.1 cm³/mol. The van der Waals surface area contributed by atoms with Crippen molar-refractivity contribution in [2.24, 2.45) is 0 Å². The van der Waals surface area contributed by atoms with Gasteiger partial charge in [0.2, 0.25) is 5.91 Å². The zero-order valence-corrected chi connectivity index (χ0v) is 12.5. The van der Waals surface area contributed by atoms with Crippen molar-refractivity contribution >= 4 is 23.3 Å². The van der Waals surface area contributed by atoms with E-state index in [-0.39, 0.29) is 5.91 Å². The summed E-state index contributed by atoms with van der Waals surface area (Å²) in [7, 11) is 0. The van der Waals surface area contributed by atoms with Crippen LogP contribution in [0.3, 0.4) is 0 Å². The van der Waals surface area contributed by atoms with Gasteiger partial charge in [-0.25, -0.2) is 0 Å². The molecule has 0 fully saturated rings. The molecule has 0 atom stereocenters. The van der Waals surface area contributed by atoms with E-state index >= 15 is 0 Å². The molecule has 0 saturated heterocycles. The van der Waals surface area contributed by atoms with Gasteiger partial charge in [0.25, 0.3) is 0 Å². The van der Waals surface area contributed by atoms with Gasteiger partial charge in [0.15, 0.2) is 0 Å². The molecule has 3 aromatic heterocycles. The summed E-state index contributed by atoms with van der Waals surface area (Å²) in [6, 6.07) is 11.5. The minimum absolute atomic E-state index is 0.161. The Balaban J connectivity index is 1.59. The lowest BCUT2D eigenvalue weighted by atomic mass is 10.2. The van der Waals surface area contributed by atoms with E-state index in [0.29, 0.717) is 12.3 Å². The Kier molecular flexibility index (Phi) is 4.46. The first-order chi connectivity index (χ1) is 10.8. The van der Waals surface area contributed by atoms with E-state index < -0.39 is 0 Å². The molecule has 1 N–H and O–H groups in total. The van der Waals surface area contributed by atoms with Crippen LogP contribution in [0.15, 0.2) is 64.7 Å². The van der Waals surface area contributed by atoms with Crippen molar-refractivity contribution < 1.29 is 9.21 Å². The highest BCUT2D eigenvalue weighted by Gasteiger charge is 2.03. The largest absolute Gasteiger partial charge is 0.465 e. The summed E-state index contributed by atoms with van der Waals surface area (Å²) >= 11 is 1.64. The molecule has 0 radical (unpaired) electrons. The summed E-state index contributed by atoms with van der Waals surface area (Å²) in [6.45, 7) is 0.461. The third-order valence-electron chi connectivity index (χ3n) is 3.01.